The molecular formula is C21H27N3O3. The summed E-state index contributed by atoms with van der Waals surface area (Å²) in [6, 6.07) is 14.3. The van der Waals surface area contributed by atoms with Crippen molar-refractivity contribution in [1.82, 2.24) is 5.32 Å². The number of hydrogen-bond donors (Lipinski definition) is 3. The molecule has 2 aromatic carbocycles. The average Bonchev–Trinajstić information content (AvgIpc) is 2.60. The summed E-state index contributed by atoms with van der Waals surface area (Å²) < 4.78 is 5.72. The van der Waals surface area contributed by atoms with Gasteiger partial charge in [-0.15, -0.1) is 0 Å². The van der Waals surface area contributed by atoms with Crippen LogP contribution >= 0.6 is 0 Å². The number of nitrogens with two attached hydrogens (primary N) is 1. The van der Waals surface area contributed by atoms with Gasteiger partial charge < -0.3 is 21.1 Å². The molecule has 0 saturated carbocycles. The van der Waals surface area contributed by atoms with Crippen LogP contribution in [0.25, 0.3) is 0 Å². The molecule has 0 bridgehead atoms. The molecule has 6 nitrogen and oxygen atoms in total. The van der Waals surface area contributed by atoms with E-state index in [4.69, 9.17) is 10.5 Å². The van der Waals surface area contributed by atoms with Crippen molar-refractivity contribution < 1.29 is 14.3 Å². The molecule has 0 heterocycles. The molecule has 0 fully saturated rings. The number of ether oxygens (including phenoxy) is 1. The first kappa shape index (κ1) is 20.3. The molecule has 0 radical (unpaired) electrons. The van der Waals surface area contributed by atoms with Crippen molar-refractivity contribution in [3.05, 3.63) is 59.7 Å². The minimum absolute atomic E-state index is 0.0734. The molecule has 3 amide bonds. The predicted octanol–water partition coefficient (Wildman–Crippen LogP) is 3.56. The smallest absolute Gasteiger partial charge is 0.316 e. The lowest BCUT2D eigenvalue weighted by Crippen LogP contribution is -2.35. The number of primary amides is 1. The monoisotopic (exact) mass is 369 g/mol. The number of nitrogens with one attached hydrogen (secondary N) is 2. The van der Waals surface area contributed by atoms with Gasteiger partial charge in [0.25, 0.3) is 5.91 Å². The van der Waals surface area contributed by atoms with E-state index in [9.17, 15) is 9.59 Å². The van der Waals surface area contributed by atoms with Crippen LogP contribution in [0.15, 0.2) is 48.5 Å². The van der Waals surface area contributed by atoms with Gasteiger partial charge in [0.1, 0.15) is 5.75 Å². The summed E-state index contributed by atoms with van der Waals surface area (Å²) in [4.78, 5) is 23.1. The first-order valence-electron chi connectivity index (χ1n) is 8.85. The van der Waals surface area contributed by atoms with E-state index in [0.717, 1.165) is 5.56 Å². The summed E-state index contributed by atoms with van der Waals surface area (Å²) >= 11 is 0. The van der Waals surface area contributed by atoms with Crippen molar-refractivity contribution in [3.63, 3.8) is 0 Å². The Bertz CT molecular complexity index is 778. The summed E-state index contributed by atoms with van der Waals surface area (Å²) in [5.41, 5.74) is 7.86. The molecular weight excluding hydrogens is 342 g/mol. The zero-order valence-electron chi connectivity index (χ0n) is 16.2. The van der Waals surface area contributed by atoms with Crippen LogP contribution in [-0.4, -0.2) is 18.0 Å². The fraction of sp³-hybridized carbons (Fsp3) is 0.333. The number of amides is 3. The van der Waals surface area contributed by atoms with Crippen LogP contribution in [-0.2, 0) is 16.8 Å². The van der Waals surface area contributed by atoms with Gasteiger partial charge in [0.15, 0.2) is 6.10 Å². The second-order valence-corrected chi connectivity index (χ2v) is 7.44. The quantitative estimate of drug-likeness (QED) is 0.727. The summed E-state index contributed by atoms with van der Waals surface area (Å²) in [7, 11) is 0. The molecule has 0 aliphatic carbocycles. The maximum absolute atomic E-state index is 12.2. The first-order chi connectivity index (χ1) is 12.6. The third-order valence-corrected chi connectivity index (χ3v) is 4.09. The summed E-state index contributed by atoms with van der Waals surface area (Å²) in [5, 5.41) is 5.33. The van der Waals surface area contributed by atoms with Gasteiger partial charge in [0.05, 0.1) is 0 Å². The fourth-order valence-electron chi connectivity index (χ4n) is 2.47. The van der Waals surface area contributed by atoms with Gasteiger partial charge in [0, 0.05) is 12.2 Å². The Morgan fingerprint density at radius 3 is 2.15 bits per heavy atom. The summed E-state index contributed by atoms with van der Waals surface area (Å²) in [6.45, 7) is 8.53. The first-order valence-corrected chi connectivity index (χ1v) is 8.85. The molecule has 0 aliphatic heterocycles. The number of carbonyl (C=O) groups excluding carboxylic acids is 2. The lowest BCUT2D eigenvalue weighted by molar-refractivity contribution is -0.127. The number of rotatable bonds is 6. The molecule has 0 aromatic heterocycles. The van der Waals surface area contributed by atoms with Crippen molar-refractivity contribution in [2.75, 3.05) is 5.32 Å². The Morgan fingerprint density at radius 2 is 1.63 bits per heavy atom. The normalized spacial score (nSPS) is 12.1. The van der Waals surface area contributed by atoms with E-state index < -0.39 is 12.1 Å². The van der Waals surface area contributed by atoms with Crippen LogP contribution < -0.4 is 21.1 Å². The maximum atomic E-state index is 12.2. The number of carbonyl (C=O) groups is 2. The van der Waals surface area contributed by atoms with Gasteiger partial charge in [-0.05, 0) is 47.7 Å². The largest absolute Gasteiger partial charge is 0.481 e. The standard InChI is InChI=1S/C21H27N3O3/c1-14(27-18-11-7-16(8-12-18)21(2,3)4)19(25)23-13-15-5-9-17(10-6-15)24-20(22)26/h5-12,14H,13H2,1-4H3,(H,23,25)(H3,22,24,26). The highest BCUT2D eigenvalue weighted by atomic mass is 16.5. The van der Waals surface area contributed by atoms with Crippen molar-refractivity contribution in [2.45, 2.75) is 45.8 Å². The molecule has 1 unspecified atom stereocenters. The Kier molecular flexibility index (Phi) is 6.45. The van der Waals surface area contributed by atoms with Crippen LogP contribution in [0.1, 0.15) is 38.8 Å². The average molecular weight is 369 g/mol. The van der Waals surface area contributed by atoms with Gasteiger partial charge in [-0.1, -0.05) is 45.0 Å². The Balaban J connectivity index is 1.85. The molecule has 144 valence electrons. The van der Waals surface area contributed by atoms with Crippen LogP contribution in [0.2, 0.25) is 0 Å². The Hall–Kier alpha value is -3.02. The SMILES string of the molecule is CC(Oc1ccc(C(C)(C)C)cc1)C(=O)NCc1ccc(NC(N)=O)cc1. The highest BCUT2D eigenvalue weighted by molar-refractivity contribution is 5.87. The summed E-state index contributed by atoms with van der Waals surface area (Å²) in [5.74, 6) is 0.460. The molecule has 2 rings (SSSR count). The van der Waals surface area contributed by atoms with Crippen molar-refractivity contribution >= 4 is 17.6 Å². The Labute approximate surface area is 160 Å². The maximum Gasteiger partial charge on any atom is 0.316 e. The van der Waals surface area contributed by atoms with E-state index in [2.05, 4.69) is 31.4 Å². The predicted molar refractivity (Wildman–Crippen MR) is 107 cm³/mol. The zero-order valence-corrected chi connectivity index (χ0v) is 16.2. The zero-order chi connectivity index (χ0) is 20.0. The molecule has 1 atom stereocenters. The number of hydrogen-bond acceptors (Lipinski definition) is 3. The Morgan fingerprint density at radius 1 is 1.04 bits per heavy atom. The summed E-state index contributed by atoms with van der Waals surface area (Å²) in [6.07, 6.45) is -0.610. The van der Waals surface area contributed by atoms with Crippen molar-refractivity contribution in [1.29, 1.82) is 0 Å². The lowest BCUT2D eigenvalue weighted by Gasteiger charge is -2.20. The van der Waals surface area contributed by atoms with Crippen molar-refractivity contribution in [2.24, 2.45) is 5.73 Å². The fourth-order valence-corrected chi connectivity index (χ4v) is 2.47. The third kappa shape index (κ3) is 6.33. The topological polar surface area (TPSA) is 93.4 Å². The molecule has 0 saturated heterocycles. The van der Waals surface area contributed by atoms with E-state index in [1.54, 1.807) is 19.1 Å². The van der Waals surface area contributed by atoms with Crippen LogP contribution in [0.5, 0.6) is 5.75 Å². The van der Waals surface area contributed by atoms with Gasteiger partial charge in [-0.25, -0.2) is 4.79 Å². The molecule has 2 aromatic rings. The highest BCUT2D eigenvalue weighted by Gasteiger charge is 2.16. The van der Waals surface area contributed by atoms with Crippen LogP contribution in [0, 0.1) is 0 Å². The third-order valence-electron chi connectivity index (χ3n) is 4.09. The molecule has 0 spiro atoms. The molecule has 27 heavy (non-hydrogen) atoms. The minimum atomic E-state index is -0.613. The molecule has 6 heteroatoms. The lowest BCUT2D eigenvalue weighted by atomic mass is 9.87. The van der Waals surface area contributed by atoms with Gasteiger partial charge in [0.2, 0.25) is 0 Å². The minimum Gasteiger partial charge on any atom is -0.481 e. The van der Waals surface area contributed by atoms with Gasteiger partial charge in [-0.2, -0.15) is 0 Å². The second-order valence-electron chi connectivity index (χ2n) is 7.44. The van der Waals surface area contributed by atoms with E-state index in [-0.39, 0.29) is 11.3 Å². The van der Waals surface area contributed by atoms with Gasteiger partial charge >= 0.3 is 6.03 Å². The number of anilines is 1. The second kappa shape index (κ2) is 8.58. The highest BCUT2D eigenvalue weighted by Crippen LogP contribution is 2.24. The number of urea groups is 1. The van der Waals surface area contributed by atoms with Crippen molar-refractivity contribution in [3.8, 4) is 5.75 Å². The van der Waals surface area contributed by atoms with E-state index in [1.165, 1.54) is 5.56 Å². The van der Waals surface area contributed by atoms with E-state index in [1.807, 2.05) is 36.4 Å². The van der Waals surface area contributed by atoms with E-state index in [0.29, 0.717) is 18.0 Å². The van der Waals surface area contributed by atoms with Crippen LogP contribution in [0.3, 0.4) is 0 Å². The molecule has 4 N–H and O–H groups in total. The van der Waals surface area contributed by atoms with E-state index >= 15 is 0 Å². The number of benzene rings is 2. The van der Waals surface area contributed by atoms with Gasteiger partial charge in [-0.3, -0.25) is 4.79 Å². The molecule has 0 aliphatic rings. The van der Waals surface area contributed by atoms with Crippen LogP contribution in [0.4, 0.5) is 10.5 Å².